The lowest BCUT2D eigenvalue weighted by molar-refractivity contribution is -0.114. The van der Waals surface area contributed by atoms with Crippen molar-refractivity contribution in [2.24, 2.45) is 0 Å². The second-order valence-corrected chi connectivity index (χ2v) is 8.18. The van der Waals surface area contributed by atoms with Crippen molar-refractivity contribution in [1.29, 1.82) is 0 Å². The average Bonchev–Trinajstić information content (AvgIpc) is 2.75. The van der Waals surface area contributed by atoms with Crippen LogP contribution < -0.4 is 14.4 Å². The van der Waals surface area contributed by atoms with E-state index in [2.05, 4.69) is 5.32 Å². The molecule has 0 aliphatic carbocycles. The van der Waals surface area contributed by atoms with Crippen LogP contribution in [0, 0.1) is 17.5 Å². The molecule has 3 aromatic rings. The Bertz CT molecular complexity index is 1200. The van der Waals surface area contributed by atoms with Gasteiger partial charge in [-0.05, 0) is 48.5 Å². The van der Waals surface area contributed by atoms with E-state index in [4.69, 9.17) is 4.74 Å². The first-order valence-corrected chi connectivity index (χ1v) is 10.3. The summed E-state index contributed by atoms with van der Waals surface area (Å²) in [4.78, 5) is 12.3. The van der Waals surface area contributed by atoms with Crippen LogP contribution >= 0.6 is 0 Å². The van der Waals surface area contributed by atoms with Crippen molar-refractivity contribution in [3.63, 3.8) is 0 Å². The minimum atomic E-state index is -4.31. The monoisotopic (exact) mass is 450 g/mol. The van der Waals surface area contributed by atoms with Gasteiger partial charge in [0.25, 0.3) is 10.0 Å². The number of rotatable bonds is 7. The molecule has 0 atom stereocenters. The van der Waals surface area contributed by atoms with Crippen molar-refractivity contribution in [3.05, 3.63) is 84.2 Å². The number of carbonyl (C=O) groups is 1. The summed E-state index contributed by atoms with van der Waals surface area (Å²) in [7, 11) is -2.98. The fourth-order valence-corrected chi connectivity index (χ4v) is 4.21. The number of nitrogens with zero attached hydrogens (tertiary/aromatic N) is 1. The van der Waals surface area contributed by atoms with Gasteiger partial charge in [0.05, 0.1) is 17.7 Å². The van der Waals surface area contributed by atoms with Gasteiger partial charge in [0, 0.05) is 11.8 Å². The van der Waals surface area contributed by atoms with Gasteiger partial charge in [-0.25, -0.2) is 21.6 Å². The Morgan fingerprint density at radius 1 is 0.968 bits per heavy atom. The lowest BCUT2D eigenvalue weighted by atomic mass is 10.3. The molecular formula is C21H17F3N2O4S. The third kappa shape index (κ3) is 4.97. The second kappa shape index (κ2) is 9.09. The van der Waals surface area contributed by atoms with Crippen molar-refractivity contribution in [3.8, 4) is 5.75 Å². The van der Waals surface area contributed by atoms with Gasteiger partial charge >= 0.3 is 0 Å². The predicted octanol–water partition coefficient (Wildman–Crippen LogP) is 3.95. The van der Waals surface area contributed by atoms with E-state index in [-0.39, 0.29) is 22.0 Å². The molecule has 1 N–H and O–H groups in total. The molecule has 31 heavy (non-hydrogen) atoms. The van der Waals surface area contributed by atoms with Gasteiger partial charge in [0.1, 0.15) is 18.1 Å². The van der Waals surface area contributed by atoms with Crippen LogP contribution in [0.4, 0.5) is 24.5 Å². The third-order valence-corrected chi connectivity index (χ3v) is 6.02. The molecule has 3 aromatic carbocycles. The molecule has 0 saturated carbocycles. The molecule has 0 aromatic heterocycles. The van der Waals surface area contributed by atoms with E-state index in [1.807, 2.05) is 0 Å². The van der Waals surface area contributed by atoms with Crippen molar-refractivity contribution in [1.82, 2.24) is 0 Å². The van der Waals surface area contributed by atoms with E-state index >= 15 is 0 Å². The van der Waals surface area contributed by atoms with E-state index in [0.717, 1.165) is 46.8 Å². The van der Waals surface area contributed by atoms with Crippen LogP contribution in [0.25, 0.3) is 0 Å². The molecule has 0 bridgehead atoms. The zero-order valence-corrected chi connectivity index (χ0v) is 17.0. The van der Waals surface area contributed by atoms with Crippen molar-refractivity contribution < 1.29 is 31.1 Å². The van der Waals surface area contributed by atoms with Crippen molar-refractivity contribution in [2.75, 3.05) is 23.3 Å². The molecule has 0 radical (unpaired) electrons. The van der Waals surface area contributed by atoms with E-state index < -0.39 is 39.9 Å². The highest BCUT2D eigenvalue weighted by Gasteiger charge is 2.29. The Labute approximate surface area is 176 Å². The SMILES string of the molecule is COc1ccccc1N(CC(=O)Nc1ccc(F)c(F)c1)S(=O)(=O)c1ccc(F)cc1. The number of carbonyl (C=O) groups excluding carboxylic acids is 1. The van der Waals surface area contributed by atoms with Gasteiger partial charge in [0.2, 0.25) is 5.91 Å². The summed E-state index contributed by atoms with van der Waals surface area (Å²) in [5.41, 5.74) is 0.0119. The number of hydrogen-bond acceptors (Lipinski definition) is 4. The Hall–Kier alpha value is -3.53. The number of ether oxygens (including phenoxy) is 1. The molecule has 0 saturated heterocycles. The van der Waals surface area contributed by atoms with Crippen LogP contribution in [0.5, 0.6) is 5.75 Å². The summed E-state index contributed by atoms with van der Waals surface area (Å²) >= 11 is 0. The molecule has 3 rings (SSSR count). The summed E-state index contributed by atoms with van der Waals surface area (Å²) in [5, 5.41) is 2.33. The number of amides is 1. The normalized spacial score (nSPS) is 11.1. The quantitative estimate of drug-likeness (QED) is 0.592. The maximum atomic E-state index is 13.4. The van der Waals surface area contributed by atoms with Gasteiger partial charge < -0.3 is 10.1 Å². The van der Waals surface area contributed by atoms with Crippen LogP contribution in [0.15, 0.2) is 71.6 Å². The topological polar surface area (TPSA) is 75.7 Å². The maximum absolute atomic E-state index is 13.4. The minimum Gasteiger partial charge on any atom is -0.495 e. The lowest BCUT2D eigenvalue weighted by Gasteiger charge is -2.25. The van der Waals surface area contributed by atoms with Gasteiger partial charge in [-0.1, -0.05) is 12.1 Å². The fraction of sp³-hybridized carbons (Fsp3) is 0.0952. The summed E-state index contributed by atoms with van der Waals surface area (Å²) in [5.74, 6) is -3.53. The van der Waals surface area contributed by atoms with Crippen LogP contribution in [0.1, 0.15) is 0 Å². The van der Waals surface area contributed by atoms with Crippen LogP contribution in [-0.2, 0) is 14.8 Å². The third-order valence-electron chi connectivity index (χ3n) is 4.25. The zero-order chi connectivity index (χ0) is 22.6. The highest BCUT2D eigenvalue weighted by molar-refractivity contribution is 7.92. The Balaban J connectivity index is 1.98. The maximum Gasteiger partial charge on any atom is 0.264 e. The average molecular weight is 450 g/mol. The molecule has 0 heterocycles. The summed E-state index contributed by atoms with van der Waals surface area (Å²) in [6, 6.07) is 13.0. The lowest BCUT2D eigenvalue weighted by Crippen LogP contribution is -2.38. The number of anilines is 2. The number of halogens is 3. The summed E-state index contributed by atoms with van der Waals surface area (Å²) < 4.78 is 72.3. The number of hydrogen-bond donors (Lipinski definition) is 1. The first-order valence-electron chi connectivity index (χ1n) is 8.88. The zero-order valence-electron chi connectivity index (χ0n) is 16.2. The number of sulfonamides is 1. The van der Waals surface area contributed by atoms with Crippen LogP contribution in [0.3, 0.4) is 0 Å². The van der Waals surface area contributed by atoms with E-state index in [0.29, 0.717) is 0 Å². The second-order valence-electron chi connectivity index (χ2n) is 6.31. The molecule has 0 fully saturated rings. The number of benzene rings is 3. The standard InChI is InChI=1S/C21H17F3N2O4S/c1-30-20-5-3-2-4-19(20)26(31(28,29)16-9-6-14(22)7-10-16)13-21(27)25-15-8-11-17(23)18(24)12-15/h2-12H,13H2,1H3,(H,25,27). The number of methoxy groups -OCH3 is 1. The fourth-order valence-electron chi connectivity index (χ4n) is 2.77. The number of nitrogens with one attached hydrogen (secondary N) is 1. The first-order chi connectivity index (χ1) is 14.7. The van der Waals surface area contributed by atoms with E-state index in [1.54, 1.807) is 12.1 Å². The highest BCUT2D eigenvalue weighted by atomic mass is 32.2. The van der Waals surface area contributed by atoms with Crippen molar-refractivity contribution >= 4 is 27.3 Å². The van der Waals surface area contributed by atoms with Gasteiger partial charge in [-0.15, -0.1) is 0 Å². The minimum absolute atomic E-state index is 0.0527. The van der Waals surface area contributed by atoms with Crippen LogP contribution in [-0.4, -0.2) is 28.0 Å². The smallest absolute Gasteiger partial charge is 0.264 e. The van der Waals surface area contributed by atoms with Crippen molar-refractivity contribution in [2.45, 2.75) is 4.90 Å². The molecule has 0 spiro atoms. The first kappa shape index (κ1) is 22.2. The molecule has 6 nitrogen and oxygen atoms in total. The predicted molar refractivity (Wildman–Crippen MR) is 109 cm³/mol. The molecule has 0 unspecified atom stereocenters. The summed E-state index contributed by atoms with van der Waals surface area (Å²) in [6.07, 6.45) is 0. The molecular weight excluding hydrogens is 433 g/mol. The molecule has 10 heteroatoms. The van der Waals surface area contributed by atoms with Gasteiger partial charge in [0.15, 0.2) is 11.6 Å². The van der Waals surface area contributed by atoms with Crippen LogP contribution in [0.2, 0.25) is 0 Å². The summed E-state index contributed by atoms with van der Waals surface area (Å²) in [6.45, 7) is -0.709. The largest absolute Gasteiger partial charge is 0.495 e. The van der Waals surface area contributed by atoms with E-state index in [1.165, 1.54) is 19.2 Å². The molecule has 0 aliphatic rings. The molecule has 162 valence electrons. The Kier molecular flexibility index (Phi) is 6.50. The van der Waals surface area contributed by atoms with Gasteiger partial charge in [-0.2, -0.15) is 0 Å². The Morgan fingerprint density at radius 2 is 1.65 bits per heavy atom. The van der Waals surface area contributed by atoms with E-state index in [9.17, 15) is 26.4 Å². The highest BCUT2D eigenvalue weighted by Crippen LogP contribution is 2.32. The number of para-hydroxylation sites is 2. The molecule has 0 aliphatic heterocycles. The molecule has 1 amide bonds. The van der Waals surface area contributed by atoms with Gasteiger partial charge in [-0.3, -0.25) is 9.10 Å². The Morgan fingerprint density at radius 3 is 2.29 bits per heavy atom.